The van der Waals surface area contributed by atoms with Crippen molar-refractivity contribution >= 4 is 0 Å². The zero-order valence-electron chi connectivity index (χ0n) is 24.3. The van der Waals surface area contributed by atoms with Gasteiger partial charge < -0.3 is 24.4 Å². The van der Waals surface area contributed by atoms with Crippen LogP contribution in [0.2, 0.25) is 0 Å². The van der Waals surface area contributed by atoms with Crippen LogP contribution in [0.15, 0.2) is 36.4 Å². The van der Waals surface area contributed by atoms with E-state index in [1.807, 2.05) is 26.0 Å². The summed E-state index contributed by atoms with van der Waals surface area (Å²) in [4.78, 5) is 0. The molecule has 218 valence electrons. The molecule has 1 aliphatic heterocycles. The van der Waals surface area contributed by atoms with Gasteiger partial charge in [-0.05, 0) is 80.7 Å². The van der Waals surface area contributed by atoms with Gasteiger partial charge in [0.05, 0.1) is 30.8 Å². The van der Waals surface area contributed by atoms with Crippen molar-refractivity contribution in [2.24, 2.45) is 11.3 Å². The highest BCUT2D eigenvalue weighted by Gasteiger charge is 2.40. The number of aliphatic hydroxyl groups is 2. The fraction of sp³-hybridized carbons (Fsp3) is 0.588. The van der Waals surface area contributed by atoms with Gasteiger partial charge in [-0.1, -0.05) is 62.6 Å². The third-order valence-electron chi connectivity index (χ3n) is 8.44. The van der Waals surface area contributed by atoms with Gasteiger partial charge in [-0.25, -0.2) is 4.39 Å². The maximum Gasteiger partial charge on any atom is 0.162 e. The average Bonchev–Trinajstić information content (AvgIpc) is 2.96. The molecule has 2 aromatic rings. The van der Waals surface area contributed by atoms with Crippen LogP contribution in [-0.2, 0) is 9.47 Å². The maximum atomic E-state index is 15.4. The van der Waals surface area contributed by atoms with Gasteiger partial charge in [-0.2, -0.15) is 0 Å². The zero-order chi connectivity index (χ0) is 28.6. The second-order valence-electron chi connectivity index (χ2n) is 12.0. The SMILES string of the molecule is CCCCCC1CCC(c2ccc(-c3ccc(OCC4(CO)COC(C)(C)OC4)c(C#CCO)c3)c(F)c2)CC1. The van der Waals surface area contributed by atoms with Gasteiger partial charge in [0.15, 0.2) is 5.79 Å². The summed E-state index contributed by atoms with van der Waals surface area (Å²) in [5.74, 6) is 6.41. The minimum atomic E-state index is -0.703. The molecule has 0 radical (unpaired) electrons. The highest BCUT2D eigenvalue weighted by molar-refractivity contribution is 5.68. The lowest BCUT2D eigenvalue weighted by Gasteiger charge is -2.42. The molecule has 0 aromatic heterocycles. The van der Waals surface area contributed by atoms with E-state index in [-0.39, 0.29) is 25.6 Å². The molecule has 0 bridgehead atoms. The first-order valence-corrected chi connectivity index (χ1v) is 14.8. The Morgan fingerprint density at radius 1 is 1.00 bits per heavy atom. The van der Waals surface area contributed by atoms with Crippen molar-refractivity contribution in [3.63, 3.8) is 0 Å². The van der Waals surface area contributed by atoms with E-state index in [2.05, 4.69) is 24.8 Å². The molecule has 0 unspecified atom stereocenters. The van der Waals surface area contributed by atoms with Crippen molar-refractivity contribution in [1.82, 2.24) is 0 Å². The van der Waals surface area contributed by atoms with Crippen LogP contribution < -0.4 is 4.74 Å². The summed E-state index contributed by atoms with van der Waals surface area (Å²) in [7, 11) is 0. The van der Waals surface area contributed by atoms with E-state index in [1.165, 1.54) is 38.5 Å². The number of hydrogen-bond donors (Lipinski definition) is 2. The fourth-order valence-electron chi connectivity index (χ4n) is 5.73. The van der Waals surface area contributed by atoms with Crippen LogP contribution in [-0.4, -0.2) is 49.0 Å². The molecule has 4 rings (SSSR count). The molecule has 1 aliphatic carbocycles. The molecule has 40 heavy (non-hydrogen) atoms. The Balaban J connectivity index is 1.46. The quantitative estimate of drug-likeness (QED) is 0.250. The number of rotatable bonds is 10. The van der Waals surface area contributed by atoms with Crippen molar-refractivity contribution in [2.75, 3.05) is 33.0 Å². The number of aliphatic hydroxyl groups excluding tert-OH is 2. The molecule has 0 spiro atoms. The molecule has 2 aromatic carbocycles. The fourth-order valence-corrected chi connectivity index (χ4v) is 5.73. The van der Waals surface area contributed by atoms with Crippen LogP contribution in [0.4, 0.5) is 4.39 Å². The van der Waals surface area contributed by atoms with Crippen LogP contribution in [0.3, 0.4) is 0 Å². The van der Waals surface area contributed by atoms with E-state index < -0.39 is 11.2 Å². The minimum Gasteiger partial charge on any atom is -0.491 e. The molecule has 1 heterocycles. The van der Waals surface area contributed by atoms with Gasteiger partial charge in [-0.3, -0.25) is 0 Å². The third kappa shape index (κ3) is 7.85. The lowest BCUT2D eigenvalue weighted by Crippen LogP contribution is -2.51. The molecule has 0 atom stereocenters. The van der Waals surface area contributed by atoms with Crippen LogP contribution in [0.1, 0.15) is 89.2 Å². The van der Waals surface area contributed by atoms with E-state index in [1.54, 1.807) is 18.2 Å². The molecule has 1 saturated heterocycles. The van der Waals surface area contributed by atoms with Crippen LogP contribution in [0.25, 0.3) is 11.1 Å². The average molecular weight is 553 g/mol. The first-order valence-electron chi connectivity index (χ1n) is 14.8. The largest absolute Gasteiger partial charge is 0.491 e. The van der Waals surface area contributed by atoms with Crippen molar-refractivity contribution in [3.05, 3.63) is 53.3 Å². The molecule has 2 N–H and O–H groups in total. The summed E-state index contributed by atoms with van der Waals surface area (Å²) < 4.78 is 33.1. The van der Waals surface area contributed by atoms with Crippen LogP contribution in [0, 0.1) is 29.0 Å². The van der Waals surface area contributed by atoms with Gasteiger partial charge in [0.1, 0.15) is 24.8 Å². The van der Waals surface area contributed by atoms with E-state index in [9.17, 15) is 10.2 Å². The van der Waals surface area contributed by atoms with Gasteiger partial charge >= 0.3 is 0 Å². The lowest BCUT2D eigenvalue weighted by atomic mass is 9.77. The highest BCUT2D eigenvalue weighted by atomic mass is 19.1. The molecule has 0 amide bonds. The van der Waals surface area contributed by atoms with Crippen LogP contribution >= 0.6 is 0 Å². The topological polar surface area (TPSA) is 68.2 Å². The van der Waals surface area contributed by atoms with Gasteiger partial charge in [0, 0.05) is 5.56 Å². The Morgan fingerprint density at radius 3 is 2.40 bits per heavy atom. The molecular weight excluding hydrogens is 507 g/mol. The Morgan fingerprint density at radius 2 is 1.75 bits per heavy atom. The molecule has 2 fully saturated rings. The number of ether oxygens (including phenoxy) is 3. The van der Waals surface area contributed by atoms with Crippen molar-refractivity contribution in [2.45, 2.75) is 83.8 Å². The summed E-state index contributed by atoms with van der Waals surface area (Å²) in [5, 5.41) is 19.3. The molecule has 2 aliphatic rings. The van der Waals surface area contributed by atoms with Crippen molar-refractivity contribution in [1.29, 1.82) is 0 Å². The molecule has 5 nitrogen and oxygen atoms in total. The van der Waals surface area contributed by atoms with E-state index in [4.69, 9.17) is 14.2 Å². The Kier molecular flexibility index (Phi) is 10.7. The Labute approximate surface area is 239 Å². The first-order chi connectivity index (χ1) is 19.3. The Bertz CT molecular complexity index is 1160. The molecule has 6 heteroatoms. The minimum absolute atomic E-state index is 0.156. The normalized spacial score (nSPS) is 21.9. The number of hydrogen-bond acceptors (Lipinski definition) is 5. The number of halogens is 1. The summed E-state index contributed by atoms with van der Waals surface area (Å²) in [6.07, 6.45) is 9.97. The monoisotopic (exact) mass is 552 g/mol. The van der Waals surface area contributed by atoms with Crippen molar-refractivity contribution < 1.29 is 28.8 Å². The number of unbranched alkanes of at least 4 members (excludes halogenated alkanes) is 2. The van der Waals surface area contributed by atoms with Gasteiger partial charge in [0.25, 0.3) is 0 Å². The maximum absolute atomic E-state index is 15.4. The molecule has 1 saturated carbocycles. The van der Waals surface area contributed by atoms with Crippen molar-refractivity contribution in [3.8, 4) is 28.7 Å². The third-order valence-corrected chi connectivity index (χ3v) is 8.44. The Hall–Kier alpha value is -2.43. The number of benzene rings is 2. The highest BCUT2D eigenvalue weighted by Crippen LogP contribution is 2.39. The summed E-state index contributed by atoms with van der Waals surface area (Å²) in [6, 6.07) is 11.0. The van der Waals surface area contributed by atoms with Gasteiger partial charge in [-0.15, -0.1) is 0 Å². The van der Waals surface area contributed by atoms with Crippen LogP contribution in [0.5, 0.6) is 5.75 Å². The predicted molar refractivity (Wildman–Crippen MR) is 156 cm³/mol. The zero-order valence-corrected chi connectivity index (χ0v) is 24.3. The summed E-state index contributed by atoms with van der Waals surface area (Å²) in [5.41, 5.74) is 2.14. The second-order valence-corrected chi connectivity index (χ2v) is 12.0. The predicted octanol–water partition coefficient (Wildman–Crippen LogP) is 6.83. The smallest absolute Gasteiger partial charge is 0.162 e. The first kappa shape index (κ1) is 30.5. The van der Waals surface area contributed by atoms with E-state index >= 15 is 4.39 Å². The molecular formula is C34H45FO5. The van der Waals surface area contributed by atoms with E-state index in [0.29, 0.717) is 41.6 Å². The summed E-state index contributed by atoms with van der Waals surface area (Å²) >= 11 is 0. The second kappa shape index (κ2) is 14.0. The lowest BCUT2D eigenvalue weighted by molar-refractivity contribution is -0.293. The van der Waals surface area contributed by atoms with E-state index in [0.717, 1.165) is 24.3 Å². The summed E-state index contributed by atoms with van der Waals surface area (Å²) in [6.45, 7) is 6.22. The standard InChI is InChI=1S/C34H45FO5/c1-4-5-6-8-25-10-12-26(13-11-25)27-14-16-30(31(35)20-27)28-15-17-32(29(19-28)9-7-18-36)38-22-34(21-37)23-39-33(2,3)40-24-34/h14-17,19-20,25-26,36-37H,4-6,8,10-13,18,21-24H2,1-3H3. The van der Waals surface area contributed by atoms with Gasteiger partial charge in [0.2, 0.25) is 0 Å².